The van der Waals surface area contributed by atoms with Gasteiger partial charge in [-0.15, -0.1) is 0 Å². The zero-order valence-electron chi connectivity index (χ0n) is 21.9. The molecule has 1 aromatic carbocycles. The van der Waals surface area contributed by atoms with Gasteiger partial charge in [0.1, 0.15) is 35.2 Å². The molecule has 0 spiro atoms. The summed E-state index contributed by atoms with van der Waals surface area (Å²) in [5.74, 6) is 1.66. The quantitative estimate of drug-likeness (QED) is 0.316. The Balaban J connectivity index is 1.27. The summed E-state index contributed by atoms with van der Waals surface area (Å²) in [6, 6.07) is 3.41. The monoisotopic (exact) mass is 510 g/mol. The van der Waals surface area contributed by atoms with Crippen molar-refractivity contribution in [1.82, 2.24) is 0 Å². The minimum absolute atomic E-state index is 0.0211. The van der Waals surface area contributed by atoms with E-state index in [-0.39, 0.29) is 23.4 Å². The number of phenolic OH excluding ortho intramolecular Hbond substituents is 1. The number of hydrogen-bond acceptors (Lipinski definition) is 9. The summed E-state index contributed by atoms with van der Waals surface area (Å²) < 4.78 is 38.9. The molecule has 3 rings (SSSR count). The molecule has 1 heterocycles. The third kappa shape index (κ3) is 8.59. The molecule has 1 aliphatic heterocycles. The number of fused-ring (bicyclic) bond motifs is 3. The summed E-state index contributed by atoms with van der Waals surface area (Å²) in [6.45, 7) is 9.27. The number of methoxy groups -OCH3 is 1. The molecule has 36 heavy (non-hydrogen) atoms. The van der Waals surface area contributed by atoms with E-state index in [1.165, 1.54) is 0 Å². The highest BCUT2D eigenvalue weighted by molar-refractivity contribution is 5.81. The lowest BCUT2D eigenvalue weighted by molar-refractivity contribution is -0.124. The summed E-state index contributed by atoms with van der Waals surface area (Å²) in [4.78, 5) is 12.1. The van der Waals surface area contributed by atoms with Crippen LogP contribution in [0.25, 0.3) is 0 Å². The minimum Gasteiger partial charge on any atom is -0.507 e. The zero-order valence-corrected chi connectivity index (χ0v) is 21.9. The number of Topliss-reactive ketones (excluding diaryl/α,β-unsaturated/α-hetero) is 1. The van der Waals surface area contributed by atoms with Gasteiger partial charge in [0.05, 0.1) is 46.2 Å². The highest BCUT2D eigenvalue weighted by Gasteiger charge is 2.47. The van der Waals surface area contributed by atoms with Gasteiger partial charge in [0.15, 0.2) is 0 Å². The van der Waals surface area contributed by atoms with Crippen LogP contribution in [0.5, 0.6) is 17.2 Å². The highest BCUT2D eigenvalue weighted by Crippen LogP contribution is 2.54. The Morgan fingerprint density at radius 2 is 1.53 bits per heavy atom. The van der Waals surface area contributed by atoms with Crippen LogP contribution < -0.4 is 9.47 Å². The van der Waals surface area contributed by atoms with Gasteiger partial charge >= 0.3 is 0 Å². The number of ketones is 1. The van der Waals surface area contributed by atoms with Crippen molar-refractivity contribution in [3.63, 3.8) is 0 Å². The molecule has 1 saturated carbocycles. The number of carbonyl (C=O) groups excluding carboxylic acids is 1. The predicted molar refractivity (Wildman–Crippen MR) is 133 cm³/mol. The smallest absolute Gasteiger partial charge is 0.133 e. The van der Waals surface area contributed by atoms with E-state index < -0.39 is 5.60 Å². The molecule has 9 nitrogen and oxygen atoms in total. The first-order valence-electron chi connectivity index (χ1n) is 12.9. The van der Waals surface area contributed by atoms with E-state index in [2.05, 4.69) is 13.8 Å². The lowest BCUT2D eigenvalue weighted by Gasteiger charge is -2.47. The number of ether oxygens (including phenoxy) is 7. The Kier molecular flexibility index (Phi) is 11.7. The van der Waals surface area contributed by atoms with Gasteiger partial charge < -0.3 is 38.3 Å². The van der Waals surface area contributed by atoms with Crippen molar-refractivity contribution < 1.29 is 43.1 Å². The van der Waals surface area contributed by atoms with Gasteiger partial charge in [-0.1, -0.05) is 0 Å². The van der Waals surface area contributed by atoms with E-state index in [1.54, 1.807) is 19.2 Å². The Morgan fingerprint density at radius 3 is 2.17 bits per heavy atom. The number of hydrogen-bond donors (Lipinski definition) is 1. The molecule has 1 aliphatic carbocycles. The van der Waals surface area contributed by atoms with Crippen LogP contribution in [0, 0.1) is 5.92 Å². The summed E-state index contributed by atoms with van der Waals surface area (Å²) in [6.07, 6.45) is 2.70. The second-order valence-electron chi connectivity index (χ2n) is 9.70. The Bertz CT molecular complexity index is 811. The van der Waals surface area contributed by atoms with E-state index >= 15 is 0 Å². The first-order valence-corrected chi connectivity index (χ1v) is 12.9. The fourth-order valence-corrected chi connectivity index (χ4v) is 4.92. The molecule has 0 unspecified atom stereocenters. The first kappa shape index (κ1) is 28.7. The van der Waals surface area contributed by atoms with E-state index in [9.17, 15) is 9.90 Å². The molecule has 0 saturated heterocycles. The van der Waals surface area contributed by atoms with Crippen molar-refractivity contribution in [2.45, 2.75) is 51.0 Å². The molecule has 204 valence electrons. The van der Waals surface area contributed by atoms with E-state index in [0.29, 0.717) is 90.4 Å². The Morgan fingerprint density at radius 1 is 0.917 bits per heavy atom. The van der Waals surface area contributed by atoms with Gasteiger partial charge in [-0.2, -0.15) is 0 Å². The maximum Gasteiger partial charge on any atom is 0.133 e. The normalized spacial score (nSPS) is 20.5. The van der Waals surface area contributed by atoms with E-state index in [1.807, 2.05) is 0 Å². The molecule has 2 aliphatic rings. The Hall–Kier alpha value is -1.91. The van der Waals surface area contributed by atoms with Gasteiger partial charge in [-0.25, -0.2) is 0 Å². The molecular weight excluding hydrogens is 468 g/mol. The summed E-state index contributed by atoms with van der Waals surface area (Å²) in [5.41, 5.74) is 0.321. The molecule has 2 atom stereocenters. The maximum absolute atomic E-state index is 12.1. The van der Waals surface area contributed by atoms with Crippen LogP contribution in [-0.4, -0.2) is 89.7 Å². The van der Waals surface area contributed by atoms with Crippen molar-refractivity contribution in [3.8, 4) is 17.2 Å². The summed E-state index contributed by atoms with van der Waals surface area (Å²) in [7, 11) is 1.68. The number of phenols is 1. The van der Waals surface area contributed by atoms with Crippen molar-refractivity contribution >= 4 is 5.78 Å². The Labute approximate surface area is 214 Å². The molecular formula is C27H42O9. The molecule has 0 aromatic heterocycles. The summed E-state index contributed by atoms with van der Waals surface area (Å²) in [5, 5.41) is 10.7. The van der Waals surface area contributed by atoms with Crippen LogP contribution in [-0.2, 0) is 28.5 Å². The van der Waals surface area contributed by atoms with Crippen molar-refractivity contribution in [1.29, 1.82) is 0 Å². The van der Waals surface area contributed by atoms with Crippen LogP contribution in [0.4, 0.5) is 0 Å². The molecule has 1 fully saturated rings. The SMILES string of the molecule is COCCCOCCOCCOCCOCCOc1cc(O)c2c(c1)OC(C)(C)[C@@H]1CCC(=O)C[C@@H]21. The first-order chi connectivity index (χ1) is 17.4. The van der Waals surface area contributed by atoms with E-state index in [0.717, 1.165) is 18.4 Å². The number of aromatic hydroxyl groups is 1. The predicted octanol–water partition coefficient (Wildman–Crippen LogP) is 3.50. The molecule has 1 aromatic rings. The molecule has 1 N–H and O–H groups in total. The lowest BCUT2D eigenvalue weighted by Crippen LogP contribution is -2.47. The topological polar surface area (TPSA) is 102 Å². The average molecular weight is 511 g/mol. The number of benzene rings is 1. The molecule has 0 amide bonds. The third-order valence-corrected chi connectivity index (χ3v) is 6.65. The van der Waals surface area contributed by atoms with Gasteiger partial charge in [0.25, 0.3) is 0 Å². The van der Waals surface area contributed by atoms with Gasteiger partial charge in [0, 0.05) is 62.7 Å². The highest BCUT2D eigenvalue weighted by atomic mass is 16.6. The van der Waals surface area contributed by atoms with Gasteiger partial charge in [0.2, 0.25) is 0 Å². The second-order valence-corrected chi connectivity index (χ2v) is 9.70. The van der Waals surface area contributed by atoms with Crippen molar-refractivity contribution in [3.05, 3.63) is 17.7 Å². The van der Waals surface area contributed by atoms with Crippen LogP contribution in [0.1, 0.15) is 51.0 Å². The van der Waals surface area contributed by atoms with Crippen molar-refractivity contribution in [2.24, 2.45) is 5.92 Å². The van der Waals surface area contributed by atoms with Crippen LogP contribution in [0.15, 0.2) is 12.1 Å². The van der Waals surface area contributed by atoms with Crippen molar-refractivity contribution in [2.75, 3.05) is 73.2 Å². The molecule has 0 radical (unpaired) electrons. The minimum atomic E-state index is -0.407. The molecule has 0 bridgehead atoms. The fraction of sp³-hybridized carbons (Fsp3) is 0.741. The fourth-order valence-electron chi connectivity index (χ4n) is 4.92. The zero-order chi connectivity index (χ0) is 25.8. The van der Waals surface area contributed by atoms with Gasteiger partial charge in [-0.3, -0.25) is 4.79 Å². The van der Waals surface area contributed by atoms with Crippen LogP contribution in [0.2, 0.25) is 0 Å². The standard InChI is InChI=1S/C27H42O9/c1-27(2)23-6-5-20(28)17-22(23)26-24(29)18-21(19-25(26)36-27)35-16-15-34-14-13-33-12-11-32-10-9-31-8-4-7-30-3/h18-19,22-23,29H,4-17H2,1-3H3/t22-,23-/m1/s1. The van der Waals surface area contributed by atoms with Crippen LogP contribution >= 0.6 is 0 Å². The molecule has 9 heteroatoms. The van der Waals surface area contributed by atoms with Gasteiger partial charge in [-0.05, 0) is 26.7 Å². The summed E-state index contributed by atoms with van der Waals surface area (Å²) >= 11 is 0. The third-order valence-electron chi connectivity index (χ3n) is 6.65. The lowest BCUT2D eigenvalue weighted by atomic mass is 9.66. The largest absolute Gasteiger partial charge is 0.507 e. The van der Waals surface area contributed by atoms with E-state index in [4.69, 9.17) is 33.2 Å². The number of carbonyl (C=O) groups is 1. The van der Waals surface area contributed by atoms with Crippen LogP contribution in [0.3, 0.4) is 0 Å². The average Bonchev–Trinajstić information content (AvgIpc) is 2.83. The maximum atomic E-state index is 12.1. The second kappa shape index (κ2) is 14.7. The number of rotatable bonds is 17.